The SMILES string of the molecule is Cc1ccc(CN2C(=O)COCC2c2ccc(Oc3ccccc3)nc2)cc1. The predicted octanol–water partition coefficient (Wildman–Crippen LogP) is 4.28. The van der Waals surface area contributed by atoms with Crippen LogP contribution < -0.4 is 4.74 Å². The summed E-state index contributed by atoms with van der Waals surface area (Å²) in [7, 11) is 0. The molecule has 0 bridgehead atoms. The van der Waals surface area contributed by atoms with Crippen LogP contribution in [0.4, 0.5) is 0 Å². The molecule has 0 aliphatic carbocycles. The third-order valence-corrected chi connectivity index (χ3v) is 4.78. The number of rotatable bonds is 5. The maximum atomic E-state index is 12.5. The second-order valence-electron chi connectivity index (χ2n) is 6.88. The third kappa shape index (κ3) is 4.21. The second kappa shape index (κ2) is 8.23. The van der Waals surface area contributed by atoms with Gasteiger partial charge in [-0.1, -0.05) is 48.0 Å². The fourth-order valence-electron chi connectivity index (χ4n) is 3.23. The zero-order valence-electron chi connectivity index (χ0n) is 15.7. The fourth-order valence-corrected chi connectivity index (χ4v) is 3.23. The molecule has 1 saturated heterocycles. The average molecular weight is 374 g/mol. The molecular formula is C23H22N2O3. The standard InChI is InChI=1S/C23H22N2O3/c1-17-7-9-18(10-8-17)14-25-21(15-27-16-23(25)26)19-11-12-22(24-13-19)28-20-5-3-2-4-6-20/h2-13,21H,14-16H2,1H3. The minimum absolute atomic E-state index is 0.0126. The molecule has 1 aliphatic heterocycles. The van der Waals surface area contributed by atoms with Gasteiger partial charge in [0.05, 0.1) is 12.6 Å². The molecule has 5 nitrogen and oxygen atoms in total. The number of pyridine rings is 1. The van der Waals surface area contributed by atoms with Crippen LogP contribution in [0, 0.1) is 6.92 Å². The Morgan fingerprint density at radius 1 is 1.07 bits per heavy atom. The molecule has 28 heavy (non-hydrogen) atoms. The van der Waals surface area contributed by atoms with Gasteiger partial charge in [-0.3, -0.25) is 4.79 Å². The molecular weight excluding hydrogens is 352 g/mol. The zero-order chi connectivity index (χ0) is 19.3. The molecule has 1 atom stereocenters. The molecule has 0 radical (unpaired) electrons. The molecule has 3 aromatic rings. The van der Waals surface area contributed by atoms with Crippen molar-refractivity contribution in [2.24, 2.45) is 0 Å². The van der Waals surface area contributed by atoms with Gasteiger partial charge in [0.25, 0.3) is 0 Å². The average Bonchev–Trinajstić information content (AvgIpc) is 2.72. The molecule has 1 fully saturated rings. The molecule has 0 N–H and O–H groups in total. The normalized spacial score (nSPS) is 16.8. The number of benzene rings is 2. The third-order valence-electron chi connectivity index (χ3n) is 4.78. The first-order valence-electron chi connectivity index (χ1n) is 9.31. The van der Waals surface area contributed by atoms with Crippen LogP contribution in [0.25, 0.3) is 0 Å². The maximum absolute atomic E-state index is 12.5. The summed E-state index contributed by atoms with van der Waals surface area (Å²) in [6.07, 6.45) is 1.76. The van der Waals surface area contributed by atoms with E-state index in [0.717, 1.165) is 16.9 Å². The zero-order valence-corrected chi connectivity index (χ0v) is 15.7. The highest BCUT2D eigenvalue weighted by molar-refractivity contribution is 5.78. The van der Waals surface area contributed by atoms with E-state index in [1.165, 1.54) is 5.56 Å². The number of morpholine rings is 1. The number of amides is 1. The largest absolute Gasteiger partial charge is 0.439 e. The highest BCUT2D eigenvalue weighted by Crippen LogP contribution is 2.28. The molecule has 5 heteroatoms. The molecule has 142 valence electrons. The van der Waals surface area contributed by atoms with Gasteiger partial charge in [0, 0.05) is 18.8 Å². The van der Waals surface area contributed by atoms with Crippen molar-refractivity contribution in [1.29, 1.82) is 0 Å². The van der Waals surface area contributed by atoms with Crippen molar-refractivity contribution in [2.45, 2.75) is 19.5 Å². The van der Waals surface area contributed by atoms with E-state index in [1.807, 2.05) is 47.4 Å². The predicted molar refractivity (Wildman–Crippen MR) is 106 cm³/mol. The van der Waals surface area contributed by atoms with Crippen LogP contribution in [0.2, 0.25) is 0 Å². The topological polar surface area (TPSA) is 51.7 Å². The monoisotopic (exact) mass is 374 g/mol. The smallest absolute Gasteiger partial charge is 0.249 e. The van der Waals surface area contributed by atoms with Gasteiger partial charge >= 0.3 is 0 Å². The first kappa shape index (κ1) is 18.2. The van der Waals surface area contributed by atoms with E-state index in [4.69, 9.17) is 9.47 Å². The Labute approximate surface area is 164 Å². The van der Waals surface area contributed by atoms with Crippen molar-refractivity contribution >= 4 is 5.91 Å². The number of para-hydroxylation sites is 1. The molecule has 1 amide bonds. The quantitative estimate of drug-likeness (QED) is 0.669. The Hall–Kier alpha value is -3.18. The highest BCUT2D eigenvalue weighted by atomic mass is 16.5. The summed E-state index contributed by atoms with van der Waals surface area (Å²) in [5.41, 5.74) is 3.23. The summed E-state index contributed by atoms with van der Waals surface area (Å²) in [5.74, 6) is 1.24. The van der Waals surface area contributed by atoms with E-state index in [0.29, 0.717) is 19.0 Å². The Kier molecular flexibility index (Phi) is 5.35. The van der Waals surface area contributed by atoms with E-state index >= 15 is 0 Å². The van der Waals surface area contributed by atoms with Crippen molar-refractivity contribution in [3.8, 4) is 11.6 Å². The highest BCUT2D eigenvalue weighted by Gasteiger charge is 2.30. The Morgan fingerprint density at radius 3 is 2.57 bits per heavy atom. The van der Waals surface area contributed by atoms with Gasteiger partial charge in [-0.15, -0.1) is 0 Å². The summed E-state index contributed by atoms with van der Waals surface area (Å²) in [4.78, 5) is 18.8. The van der Waals surface area contributed by atoms with Gasteiger partial charge in [0.2, 0.25) is 11.8 Å². The lowest BCUT2D eigenvalue weighted by Gasteiger charge is -2.35. The van der Waals surface area contributed by atoms with Gasteiger partial charge < -0.3 is 14.4 Å². The van der Waals surface area contributed by atoms with Crippen LogP contribution in [0.3, 0.4) is 0 Å². The summed E-state index contributed by atoms with van der Waals surface area (Å²) >= 11 is 0. The van der Waals surface area contributed by atoms with Crippen LogP contribution in [0.15, 0.2) is 72.9 Å². The van der Waals surface area contributed by atoms with E-state index < -0.39 is 0 Å². The molecule has 0 saturated carbocycles. The second-order valence-corrected chi connectivity index (χ2v) is 6.88. The lowest BCUT2D eigenvalue weighted by Crippen LogP contribution is -2.43. The number of aryl methyl sites for hydroxylation is 1. The van der Waals surface area contributed by atoms with Gasteiger partial charge in [-0.25, -0.2) is 4.98 Å². The Morgan fingerprint density at radius 2 is 1.86 bits per heavy atom. The molecule has 1 unspecified atom stereocenters. The number of carbonyl (C=O) groups is 1. The summed E-state index contributed by atoms with van der Waals surface area (Å²) in [6.45, 7) is 3.18. The van der Waals surface area contributed by atoms with E-state index in [1.54, 1.807) is 6.20 Å². The van der Waals surface area contributed by atoms with E-state index in [2.05, 4.69) is 36.2 Å². The molecule has 4 rings (SSSR count). The molecule has 1 aromatic heterocycles. The summed E-state index contributed by atoms with van der Waals surface area (Å²) in [6, 6.07) is 21.4. The lowest BCUT2D eigenvalue weighted by molar-refractivity contribution is -0.149. The molecule has 0 spiro atoms. The van der Waals surface area contributed by atoms with E-state index in [9.17, 15) is 4.79 Å². The Balaban J connectivity index is 1.51. The van der Waals surface area contributed by atoms with Crippen LogP contribution in [0.5, 0.6) is 11.6 Å². The van der Waals surface area contributed by atoms with Crippen molar-refractivity contribution in [1.82, 2.24) is 9.88 Å². The summed E-state index contributed by atoms with van der Waals surface area (Å²) < 4.78 is 11.3. The van der Waals surface area contributed by atoms with Gasteiger partial charge in [0.15, 0.2) is 0 Å². The lowest BCUT2D eigenvalue weighted by atomic mass is 10.0. The number of ether oxygens (including phenoxy) is 2. The Bertz CT molecular complexity index is 924. The van der Waals surface area contributed by atoms with Crippen molar-refractivity contribution in [3.05, 3.63) is 89.6 Å². The van der Waals surface area contributed by atoms with Crippen LogP contribution in [0.1, 0.15) is 22.7 Å². The minimum atomic E-state index is -0.166. The number of nitrogens with zero attached hydrogens (tertiary/aromatic N) is 2. The van der Waals surface area contributed by atoms with Crippen LogP contribution in [-0.4, -0.2) is 29.0 Å². The van der Waals surface area contributed by atoms with Gasteiger partial charge in [-0.05, 0) is 36.2 Å². The van der Waals surface area contributed by atoms with E-state index in [-0.39, 0.29) is 18.6 Å². The maximum Gasteiger partial charge on any atom is 0.249 e. The fraction of sp³-hybridized carbons (Fsp3) is 0.217. The summed E-state index contributed by atoms with van der Waals surface area (Å²) in [5, 5.41) is 0. The number of hydrogen-bond donors (Lipinski definition) is 0. The molecule has 2 heterocycles. The van der Waals surface area contributed by atoms with Crippen LogP contribution in [-0.2, 0) is 16.1 Å². The van der Waals surface area contributed by atoms with Crippen LogP contribution >= 0.6 is 0 Å². The first-order chi connectivity index (χ1) is 13.7. The number of carbonyl (C=O) groups excluding carboxylic acids is 1. The minimum Gasteiger partial charge on any atom is -0.439 e. The van der Waals surface area contributed by atoms with Gasteiger partial charge in [-0.2, -0.15) is 0 Å². The molecule has 1 aliphatic rings. The van der Waals surface area contributed by atoms with Crippen molar-refractivity contribution in [2.75, 3.05) is 13.2 Å². The molecule has 2 aromatic carbocycles. The first-order valence-corrected chi connectivity index (χ1v) is 9.31. The van der Waals surface area contributed by atoms with Crippen molar-refractivity contribution in [3.63, 3.8) is 0 Å². The number of aromatic nitrogens is 1. The van der Waals surface area contributed by atoms with Gasteiger partial charge in [0.1, 0.15) is 12.4 Å². The van der Waals surface area contributed by atoms with Crippen molar-refractivity contribution < 1.29 is 14.3 Å². The number of hydrogen-bond acceptors (Lipinski definition) is 4.